The van der Waals surface area contributed by atoms with E-state index in [1.165, 1.54) is 77.7 Å². The highest BCUT2D eigenvalue weighted by Gasteiger charge is 2.49. The van der Waals surface area contributed by atoms with E-state index in [-0.39, 0.29) is 5.60 Å². The van der Waals surface area contributed by atoms with E-state index < -0.39 is 0 Å². The SMILES string of the molecule is CCN1CCC2(CC1)CC(N1CCC3(CC1)CC(C(C)C)C3)CO2. The minimum atomic E-state index is 0.227. The molecule has 2 spiro atoms. The third kappa shape index (κ3) is 3.17. The molecule has 0 aromatic rings. The number of ether oxygens (including phenoxy) is 1. The second-order valence-corrected chi connectivity index (χ2v) is 9.73. The Morgan fingerprint density at radius 3 is 2.21 bits per heavy atom. The number of hydrogen-bond donors (Lipinski definition) is 0. The molecule has 4 rings (SSSR count). The highest BCUT2D eigenvalue weighted by molar-refractivity contribution is 5.01. The van der Waals surface area contributed by atoms with Crippen molar-refractivity contribution in [3.63, 3.8) is 0 Å². The lowest BCUT2D eigenvalue weighted by Gasteiger charge is -2.54. The first-order valence-corrected chi connectivity index (χ1v) is 10.6. The predicted molar refractivity (Wildman–Crippen MR) is 99.2 cm³/mol. The van der Waals surface area contributed by atoms with Crippen LogP contribution in [0.25, 0.3) is 0 Å². The first kappa shape index (κ1) is 17.3. The Labute approximate surface area is 149 Å². The van der Waals surface area contributed by atoms with Gasteiger partial charge < -0.3 is 9.64 Å². The van der Waals surface area contributed by atoms with Crippen LogP contribution >= 0.6 is 0 Å². The van der Waals surface area contributed by atoms with E-state index in [1.54, 1.807) is 0 Å². The molecule has 0 aromatic carbocycles. The largest absolute Gasteiger partial charge is 0.373 e. The van der Waals surface area contributed by atoms with E-state index in [4.69, 9.17) is 4.74 Å². The smallest absolute Gasteiger partial charge is 0.0723 e. The molecule has 138 valence electrons. The fraction of sp³-hybridized carbons (Fsp3) is 1.00. The summed E-state index contributed by atoms with van der Waals surface area (Å²) in [5, 5.41) is 0. The van der Waals surface area contributed by atoms with E-state index in [2.05, 4.69) is 30.6 Å². The van der Waals surface area contributed by atoms with Gasteiger partial charge in [-0.3, -0.25) is 4.90 Å². The van der Waals surface area contributed by atoms with Crippen molar-refractivity contribution in [2.45, 2.75) is 77.4 Å². The summed E-state index contributed by atoms with van der Waals surface area (Å²) < 4.78 is 6.41. The lowest BCUT2D eigenvalue weighted by Crippen LogP contribution is -2.51. The van der Waals surface area contributed by atoms with Crippen molar-refractivity contribution in [3.05, 3.63) is 0 Å². The molecule has 3 heterocycles. The van der Waals surface area contributed by atoms with Crippen molar-refractivity contribution in [2.75, 3.05) is 39.3 Å². The lowest BCUT2D eigenvalue weighted by atomic mass is 9.55. The third-order valence-electron chi connectivity index (χ3n) is 8.11. The molecule has 1 atom stereocenters. The van der Waals surface area contributed by atoms with Crippen LogP contribution in [-0.4, -0.2) is 60.8 Å². The highest BCUT2D eigenvalue weighted by Crippen LogP contribution is 2.55. The minimum Gasteiger partial charge on any atom is -0.373 e. The van der Waals surface area contributed by atoms with Crippen LogP contribution in [0.3, 0.4) is 0 Å². The average Bonchev–Trinajstić information content (AvgIpc) is 2.97. The number of rotatable bonds is 3. The van der Waals surface area contributed by atoms with Crippen LogP contribution in [0.2, 0.25) is 0 Å². The summed E-state index contributed by atoms with van der Waals surface area (Å²) in [6.07, 6.45) is 9.72. The summed E-state index contributed by atoms with van der Waals surface area (Å²) in [6, 6.07) is 0.705. The maximum atomic E-state index is 6.41. The standard InChI is InChI=1S/C21H38N2O/c1-4-22-9-7-21(8-10-22)15-19(16-24-21)23-11-5-20(6-12-23)13-18(14-20)17(2)3/h17-19H,4-16H2,1-3H3. The molecule has 0 aromatic heterocycles. The number of nitrogens with zero attached hydrogens (tertiary/aromatic N) is 2. The predicted octanol–water partition coefficient (Wildman–Crippen LogP) is 3.78. The van der Waals surface area contributed by atoms with Crippen LogP contribution in [0, 0.1) is 17.3 Å². The Balaban J connectivity index is 1.26. The van der Waals surface area contributed by atoms with Crippen LogP contribution in [0.15, 0.2) is 0 Å². The zero-order valence-electron chi connectivity index (χ0n) is 16.2. The van der Waals surface area contributed by atoms with E-state index in [0.29, 0.717) is 6.04 Å². The molecular formula is C21H38N2O. The number of likely N-dealkylation sites (tertiary alicyclic amines) is 2. The van der Waals surface area contributed by atoms with Crippen molar-refractivity contribution in [2.24, 2.45) is 17.3 Å². The van der Waals surface area contributed by atoms with Gasteiger partial charge in [0.05, 0.1) is 12.2 Å². The van der Waals surface area contributed by atoms with Crippen LogP contribution in [0.1, 0.15) is 65.7 Å². The molecular weight excluding hydrogens is 296 g/mol. The van der Waals surface area contributed by atoms with Gasteiger partial charge in [-0.15, -0.1) is 0 Å². The minimum absolute atomic E-state index is 0.227. The van der Waals surface area contributed by atoms with Gasteiger partial charge in [-0.25, -0.2) is 0 Å². The molecule has 0 N–H and O–H groups in total. The summed E-state index contributed by atoms with van der Waals surface area (Å²) in [6.45, 7) is 14.4. The molecule has 4 aliphatic rings. The molecule has 3 nitrogen and oxygen atoms in total. The molecule has 24 heavy (non-hydrogen) atoms. The fourth-order valence-electron chi connectivity index (χ4n) is 5.98. The average molecular weight is 335 g/mol. The highest BCUT2D eigenvalue weighted by atomic mass is 16.5. The van der Waals surface area contributed by atoms with Gasteiger partial charge in [-0.2, -0.15) is 0 Å². The maximum absolute atomic E-state index is 6.41. The van der Waals surface area contributed by atoms with Crippen LogP contribution < -0.4 is 0 Å². The monoisotopic (exact) mass is 334 g/mol. The van der Waals surface area contributed by atoms with Crippen molar-refractivity contribution in [1.82, 2.24) is 9.80 Å². The van der Waals surface area contributed by atoms with Gasteiger partial charge in [0.25, 0.3) is 0 Å². The van der Waals surface area contributed by atoms with Gasteiger partial charge in [0.1, 0.15) is 0 Å². The summed E-state index contributed by atoms with van der Waals surface area (Å²) in [7, 11) is 0. The molecule has 3 heteroatoms. The molecule has 0 bridgehead atoms. The van der Waals surface area contributed by atoms with E-state index in [0.717, 1.165) is 23.9 Å². The van der Waals surface area contributed by atoms with Crippen LogP contribution in [0.5, 0.6) is 0 Å². The Morgan fingerprint density at radius 2 is 1.62 bits per heavy atom. The Bertz CT molecular complexity index is 425. The molecule has 1 aliphatic carbocycles. The molecule has 4 fully saturated rings. The zero-order chi connectivity index (χ0) is 16.8. The molecule has 1 saturated carbocycles. The normalized spacial score (nSPS) is 34.2. The van der Waals surface area contributed by atoms with Crippen molar-refractivity contribution >= 4 is 0 Å². The Hall–Kier alpha value is -0.120. The summed E-state index contributed by atoms with van der Waals surface area (Å²) in [4.78, 5) is 5.36. The van der Waals surface area contributed by atoms with Gasteiger partial charge in [-0.05, 0) is 81.8 Å². The van der Waals surface area contributed by atoms with Crippen molar-refractivity contribution in [3.8, 4) is 0 Å². The van der Waals surface area contributed by atoms with Crippen molar-refractivity contribution < 1.29 is 4.74 Å². The quantitative estimate of drug-likeness (QED) is 0.781. The van der Waals surface area contributed by atoms with Crippen LogP contribution in [-0.2, 0) is 4.74 Å². The summed E-state index contributed by atoms with van der Waals surface area (Å²) >= 11 is 0. The fourth-order valence-corrected chi connectivity index (χ4v) is 5.98. The summed E-state index contributed by atoms with van der Waals surface area (Å²) in [5.41, 5.74) is 0.958. The molecule has 0 radical (unpaired) electrons. The first-order chi connectivity index (χ1) is 11.5. The Kier molecular flexibility index (Phi) is 4.73. The maximum Gasteiger partial charge on any atom is 0.0723 e. The lowest BCUT2D eigenvalue weighted by molar-refractivity contribution is -0.0471. The van der Waals surface area contributed by atoms with E-state index in [9.17, 15) is 0 Å². The Morgan fingerprint density at radius 1 is 0.958 bits per heavy atom. The first-order valence-electron chi connectivity index (χ1n) is 10.6. The van der Waals surface area contributed by atoms with Crippen molar-refractivity contribution in [1.29, 1.82) is 0 Å². The summed E-state index contributed by atoms with van der Waals surface area (Å²) in [5.74, 6) is 1.91. The molecule has 1 unspecified atom stereocenters. The van der Waals surface area contributed by atoms with Gasteiger partial charge >= 0.3 is 0 Å². The van der Waals surface area contributed by atoms with Gasteiger partial charge in [-0.1, -0.05) is 20.8 Å². The molecule has 3 aliphatic heterocycles. The van der Waals surface area contributed by atoms with Gasteiger partial charge in [0, 0.05) is 19.1 Å². The molecule has 3 saturated heterocycles. The number of hydrogen-bond acceptors (Lipinski definition) is 3. The van der Waals surface area contributed by atoms with Crippen LogP contribution in [0.4, 0.5) is 0 Å². The van der Waals surface area contributed by atoms with E-state index in [1.807, 2.05) is 0 Å². The number of piperidine rings is 2. The topological polar surface area (TPSA) is 15.7 Å². The van der Waals surface area contributed by atoms with Gasteiger partial charge in [0.2, 0.25) is 0 Å². The van der Waals surface area contributed by atoms with Gasteiger partial charge in [0.15, 0.2) is 0 Å². The zero-order valence-corrected chi connectivity index (χ0v) is 16.2. The molecule has 0 amide bonds. The third-order valence-corrected chi connectivity index (χ3v) is 8.11. The second-order valence-electron chi connectivity index (χ2n) is 9.73. The second kappa shape index (κ2) is 6.55. The van der Waals surface area contributed by atoms with E-state index >= 15 is 0 Å².